The summed E-state index contributed by atoms with van der Waals surface area (Å²) in [6.45, 7) is 1.81. The molecule has 3 N–H and O–H groups in total. The summed E-state index contributed by atoms with van der Waals surface area (Å²) in [4.78, 5) is 13.2. The number of thiophene rings is 1. The Balaban J connectivity index is 1.95. The molecule has 22 heavy (non-hydrogen) atoms. The Hall–Kier alpha value is -0.950. The molecule has 2 aromatic rings. The molecule has 0 radical (unpaired) electrons. The summed E-state index contributed by atoms with van der Waals surface area (Å²) in [6, 6.07) is 7.76. The molecule has 0 spiro atoms. The number of hydrogen-bond acceptors (Lipinski definition) is 3. The van der Waals surface area contributed by atoms with Gasteiger partial charge in [-0.25, -0.2) is 4.39 Å². The Morgan fingerprint density at radius 3 is 2.77 bits per heavy atom. The predicted octanol–water partition coefficient (Wildman–Crippen LogP) is 4.97. The van der Waals surface area contributed by atoms with Gasteiger partial charge in [0.15, 0.2) is 0 Å². The Morgan fingerprint density at radius 1 is 1.45 bits per heavy atom. The minimum Gasteiger partial charge on any atom is -0.326 e. The predicted molar refractivity (Wildman–Crippen MR) is 92.8 cm³/mol. The molecular formula is C15H15BrClFN2OS. The van der Waals surface area contributed by atoms with Gasteiger partial charge in [-0.1, -0.05) is 18.5 Å². The largest absolute Gasteiger partial charge is 0.326 e. The molecular weight excluding hydrogens is 391 g/mol. The fourth-order valence-corrected chi connectivity index (χ4v) is 3.59. The first-order valence-corrected chi connectivity index (χ1v) is 8.62. The van der Waals surface area contributed by atoms with Gasteiger partial charge in [-0.3, -0.25) is 4.79 Å². The molecule has 3 nitrogen and oxygen atoms in total. The lowest BCUT2D eigenvalue weighted by Gasteiger charge is -2.16. The number of anilines is 1. The second-order valence-corrected chi connectivity index (χ2v) is 7.91. The number of hydrogen-bond donors (Lipinski definition) is 2. The van der Waals surface area contributed by atoms with Crippen molar-refractivity contribution in [3.63, 3.8) is 0 Å². The van der Waals surface area contributed by atoms with Crippen molar-refractivity contribution >= 4 is 50.5 Å². The second kappa shape index (κ2) is 7.55. The van der Waals surface area contributed by atoms with Crippen LogP contribution in [0.25, 0.3) is 0 Å². The fourth-order valence-electron chi connectivity index (χ4n) is 1.97. The minimum absolute atomic E-state index is 0.0226. The molecule has 2 unspecified atom stereocenters. The van der Waals surface area contributed by atoms with E-state index in [9.17, 15) is 9.18 Å². The van der Waals surface area contributed by atoms with Crippen molar-refractivity contribution in [1.82, 2.24) is 0 Å². The van der Waals surface area contributed by atoms with Crippen LogP contribution in [0.3, 0.4) is 0 Å². The second-order valence-electron chi connectivity index (χ2n) is 5.00. The highest BCUT2D eigenvalue weighted by atomic mass is 79.9. The first-order chi connectivity index (χ1) is 10.4. The monoisotopic (exact) mass is 404 g/mol. The molecule has 0 saturated carbocycles. The van der Waals surface area contributed by atoms with Gasteiger partial charge in [0.05, 0.1) is 8.81 Å². The van der Waals surface area contributed by atoms with Crippen molar-refractivity contribution in [3.05, 3.63) is 49.8 Å². The average molecular weight is 406 g/mol. The Kier molecular flexibility index (Phi) is 5.97. The van der Waals surface area contributed by atoms with Crippen molar-refractivity contribution in [2.45, 2.75) is 19.4 Å². The Bertz CT molecular complexity index is 679. The summed E-state index contributed by atoms with van der Waals surface area (Å²) < 4.78 is 14.1. The third-order valence-electron chi connectivity index (χ3n) is 3.20. The van der Waals surface area contributed by atoms with Crippen LogP contribution in [0.1, 0.15) is 24.3 Å². The van der Waals surface area contributed by atoms with Gasteiger partial charge in [0, 0.05) is 22.5 Å². The molecule has 2 rings (SSSR count). The highest BCUT2D eigenvalue weighted by Crippen LogP contribution is 2.29. The smallest absolute Gasteiger partial charge is 0.227 e. The lowest BCUT2D eigenvalue weighted by molar-refractivity contribution is -0.119. The number of amides is 1. The maximum atomic E-state index is 13.1. The summed E-state index contributed by atoms with van der Waals surface area (Å²) >= 11 is 10.6. The highest BCUT2D eigenvalue weighted by molar-refractivity contribution is 9.11. The number of nitrogens with two attached hydrogens (primary N) is 1. The van der Waals surface area contributed by atoms with Gasteiger partial charge in [-0.15, -0.1) is 11.3 Å². The topological polar surface area (TPSA) is 55.1 Å². The van der Waals surface area contributed by atoms with Crippen LogP contribution in [0.2, 0.25) is 5.02 Å². The third kappa shape index (κ3) is 4.52. The van der Waals surface area contributed by atoms with E-state index in [2.05, 4.69) is 21.2 Å². The van der Waals surface area contributed by atoms with E-state index in [-0.39, 0.29) is 22.9 Å². The van der Waals surface area contributed by atoms with Crippen LogP contribution >= 0.6 is 38.9 Å². The molecule has 1 amide bonds. The first kappa shape index (κ1) is 17.4. The van der Waals surface area contributed by atoms with Crippen molar-refractivity contribution in [1.29, 1.82) is 0 Å². The van der Waals surface area contributed by atoms with Crippen molar-refractivity contribution in [2.75, 3.05) is 5.32 Å². The molecule has 7 heteroatoms. The molecule has 1 aromatic carbocycles. The van der Waals surface area contributed by atoms with E-state index < -0.39 is 5.82 Å². The van der Waals surface area contributed by atoms with Crippen LogP contribution in [0, 0.1) is 11.7 Å². The van der Waals surface area contributed by atoms with Crippen molar-refractivity contribution in [2.24, 2.45) is 11.7 Å². The Morgan fingerprint density at radius 2 is 2.18 bits per heavy atom. The maximum Gasteiger partial charge on any atom is 0.227 e. The van der Waals surface area contributed by atoms with Crippen molar-refractivity contribution in [3.8, 4) is 0 Å². The van der Waals surface area contributed by atoms with Gasteiger partial charge < -0.3 is 11.1 Å². The SMILES string of the molecule is CC(CC(N)c1ccc(Br)s1)C(=O)Nc1ccc(F)c(Cl)c1. The van der Waals surface area contributed by atoms with E-state index in [1.807, 2.05) is 19.1 Å². The third-order valence-corrected chi connectivity index (χ3v) is 5.25. The van der Waals surface area contributed by atoms with Gasteiger partial charge in [0.1, 0.15) is 5.82 Å². The maximum absolute atomic E-state index is 13.1. The standard InChI is InChI=1S/C15H15BrClFN2OS/c1-8(6-12(19)13-4-5-14(16)22-13)15(21)20-9-2-3-11(18)10(17)7-9/h2-5,7-8,12H,6,19H2,1H3,(H,20,21). The van der Waals surface area contributed by atoms with Gasteiger partial charge >= 0.3 is 0 Å². The van der Waals surface area contributed by atoms with Crippen LogP contribution in [0.4, 0.5) is 10.1 Å². The molecule has 0 aliphatic heterocycles. The molecule has 0 saturated heterocycles. The number of carbonyl (C=O) groups excluding carboxylic acids is 1. The summed E-state index contributed by atoms with van der Waals surface area (Å²) in [5.74, 6) is -0.966. The zero-order valence-corrected chi connectivity index (χ0v) is 14.9. The molecule has 0 fully saturated rings. The van der Waals surface area contributed by atoms with Gasteiger partial charge in [-0.2, -0.15) is 0 Å². The van der Waals surface area contributed by atoms with E-state index in [0.29, 0.717) is 12.1 Å². The van der Waals surface area contributed by atoms with E-state index in [0.717, 1.165) is 8.66 Å². The van der Waals surface area contributed by atoms with E-state index in [4.69, 9.17) is 17.3 Å². The highest BCUT2D eigenvalue weighted by Gasteiger charge is 2.19. The Labute approximate surface area is 145 Å². The van der Waals surface area contributed by atoms with E-state index in [1.165, 1.54) is 18.2 Å². The zero-order chi connectivity index (χ0) is 16.3. The summed E-state index contributed by atoms with van der Waals surface area (Å²) in [5, 5.41) is 2.70. The van der Waals surface area contributed by atoms with E-state index >= 15 is 0 Å². The summed E-state index contributed by atoms with van der Waals surface area (Å²) in [7, 11) is 0. The van der Waals surface area contributed by atoms with Crippen LogP contribution in [-0.4, -0.2) is 5.91 Å². The quantitative estimate of drug-likeness (QED) is 0.738. The molecule has 0 bridgehead atoms. The molecule has 2 atom stereocenters. The van der Waals surface area contributed by atoms with Gasteiger partial charge in [-0.05, 0) is 52.7 Å². The molecule has 118 valence electrons. The molecule has 1 heterocycles. The lowest BCUT2D eigenvalue weighted by atomic mass is 10.0. The number of halogens is 3. The van der Waals surface area contributed by atoms with Gasteiger partial charge in [0.25, 0.3) is 0 Å². The first-order valence-electron chi connectivity index (χ1n) is 6.63. The number of rotatable bonds is 5. The fraction of sp³-hybridized carbons (Fsp3) is 0.267. The van der Waals surface area contributed by atoms with Crippen LogP contribution in [-0.2, 0) is 4.79 Å². The average Bonchev–Trinajstić information content (AvgIpc) is 2.89. The zero-order valence-electron chi connectivity index (χ0n) is 11.8. The van der Waals surface area contributed by atoms with Gasteiger partial charge in [0.2, 0.25) is 5.91 Å². The number of benzene rings is 1. The summed E-state index contributed by atoms with van der Waals surface area (Å²) in [5.41, 5.74) is 6.59. The normalized spacial score (nSPS) is 13.7. The molecule has 0 aliphatic carbocycles. The number of carbonyl (C=O) groups is 1. The minimum atomic E-state index is -0.516. The number of nitrogens with one attached hydrogen (secondary N) is 1. The molecule has 1 aromatic heterocycles. The van der Waals surface area contributed by atoms with Crippen LogP contribution < -0.4 is 11.1 Å². The van der Waals surface area contributed by atoms with Crippen molar-refractivity contribution < 1.29 is 9.18 Å². The van der Waals surface area contributed by atoms with E-state index in [1.54, 1.807) is 11.3 Å². The summed E-state index contributed by atoms with van der Waals surface area (Å²) in [6.07, 6.45) is 0.522. The lowest BCUT2D eigenvalue weighted by Crippen LogP contribution is -2.24. The van der Waals surface area contributed by atoms with Crippen LogP contribution in [0.5, 0.6) is 0 Å². The molecule has 0 aliphatic rings. The van der Waals surface area contributed by atoms with Crippen LogP contribution in [0.15, 0.2) is 34.1 Å².